The van der Waals surface area contributed by atoms with Crippen LogP contribution in [0.2, 0.25) is 0 Å². The highest BCUT2D eigenvalue weighted by Gasteiger charge is 2.27. The number of hydrogen-bond acceptors (Lipinski definition) is 9. The minimum atomic E-state index is -4.41. The van der Waals surface area contributed by atoms with Crippen LogP contribution in [0.1, 0.15) is 162 Å². The molecule has 0 fully saturated rings. The summed E-state index contributed by atoms with van der Waals surface area (Å²) in [5.74, 6) is -0.902. The number of carbonyl (C=O) groups is 2. The van der Waals surface area contributed by atoms with Crippen LogP contribution in [0.4, 0.5) is 0 Å². The maximum Gasteiger partial charge on any atom is 0.472 e. The molecule has 2 unspecified atom stereocenters. The Morgan fingerprint density at radius 2 is 1.22 bits per heavy atom. The number of quaternary nitrogens is 1. The second-order valence-electron chi connectivity index (χ2n) is 16.0. The van der Waals surface area contributed by atoms with Gasteiger partial charge < -0.3 is 18.9 Å². The molecule has 0 rings (SSSR count). The zero-order chi connectivity index (χ0) is 43.0. The topological polar surface area (TPSA) is 138 Å². The first-order chi connectivity index (χ1) is 27.9. The lowest BCUT2D eigenvalue weighted by atomic mass is 10.0. The molecule has 3 atom stereocenters. The third-order valence-electron chi connectivity index (χ3n) is 9.26. The largest absolute Gasteiger partial charge is 0.472 e. The molecule has 0 bridgehead atoms. The number of nitrogens with zero attached hydrogens (tertiary/aromatic N) is 1. The molecule has 0 heterocycles. The molecule has 0 saturated carbocycles. The Morgan fingerprint density at radius 1 is 0.655 bits per heavy atom. The molecule has 0 amide bonds. The molecule has 0 spiro atoms. The third kappa shape index (κ3) is 40.4. The van der Waals surface area contributed by atoms with Gasteiger partial charge in [0, 0.05) is 12.8 Å². The molecule has 0 aliphatic rings. The van der Waals surface area contributed by atoms with Gasteiger partial charge in [-0.05, 0) is 44.9 Å². The van der Waals surface area contributed by atoms with Crippen molar-refractivity contribution in [3.63, 3.8) is 0 Å². The van der Waals surface area contributed by atoms with Crippen molar-refractivity contribution in [1.82, 2.24) is 0 Å². The molecule has 0 radical (unpaired) electrons. The Morgan fingerprint density at radius 3 is 1.81 bits per heavy atom. The summed E-state index contributed by atoms with van der Waals surface area (Å²) in [6.45, 7) is 4.10. The van der Waals surface area contributed by atoms with Crippen molar-refractivity contribution in [2.45, 2.75) is 174 Å². The number of esters is 2. The number of ether oxygens (including phenoxy) is 2. The number of likely N-dealkylation sites (N-methyl/N-ethyl adjacent to an activating group) is 1. The lowest BCUT2D eigenvalue weighted by Gasteiger charge is -2.24. The Bertz CT molecular complexity index is 1190. The number of hydrogen-bond donors (Lipinski definition) is 2. The van der Waals surface area contributed by atoms with Crippen LogP contribution < -0.4 is 0 Å². The summed E-state index contributed by atoms with van der Waals surface area (Å²) in [6, 6.07) is 0. The fourth-order valence-corrected chi connectivity index (χ4v) is 6.47. The number of allylic oxidation sites excluding steroid dienone is 8. The first-order valence-electron chi connectivity index (χ1n) is 22.3. The number of rotatable bonds is 40. The van der Waals surface area contributed by atoms with Gasteiger partial charge in [-0.2, -0.15) is 0 Å². The van der Waals surface area contributed by atoms with Crippen LogP contribution in [0.15, 0.2) is 60.8 Å². The van der Waals surface area contributed by atoms with Gasteiger partial charge in [0.15, 0.2) is 6.10 Å². The van der Waals surface area contributed by atoms with E-state index >= 15 is 0 Å². The lowest BCUT2D eigenvalue weighted by Crippen LogP contribution is -2.37. The van der Waals surface area contributed by atoms with Crippen LogP contribution in [-0.4, -0.2) is 86.3 Å². The van der Waals surface area contributed by atoms with Crippen molar-refractivity contribution in [3.8, 4) is 0 Å². The zero-order valence-corrected chi connectivity index (χ0v) is 38.0. The summed E-state index contributed by atoms with van der Waals surface area (Å²) in [5.41, 5.74) is 0. The molecular weight excluding hydrogens is 757 g/mol. The van der Waals surface area contributed by atoms with Crippen LogP contribution >= 0.6 is 7.82 Å². The van der Waals surface area contributed by atoms with Crippen molar-refractivity contribution in [1.29, 1.82) is 0 Å². The molecule has 58 heavy (non-hydrogen) atoms. The predicted molar refractivity (Wildman–Crippen MR) is 236 cm³/mol. The third-order valence-corrected chi connectivity index (χ3v) is 10.2. The van der Waals surface area contributed by atoms with E-state index in [1.807, 2.05) is 69.8 Å². The van der Waals surface area contributed by atoms with E-state index in [1.54, 1.807) is 0 Å². The zero-order valence-electron chi connectivity index (χ0n) is 37.1. The maximum absolute atomic E-state index is 12.7. The highest BCUT2D eigenvalue weighted by Crippen LogP contribution is 2.43. The normalized spacial score (nSPS) is 14.7. The molecule has 0 aliphatic carbocycles. The molecular formula is C46H83NO10P+. The summed E-state index contributed by atoms with van der Waals surface area (Å²) in [7, 11) is 1.40. The fraction of sp³-hybridized carbons (Fsp3) is 0.739. The van der Waals surface area contributed by atoms with Gasteiger partial charge in [-0.25, -0.2) is 9.45 Å². The van der Waals surface area contributed by atoms with Gasteiger partial charge in [0.1, 0.15) is 25.9 Å². The average molecular weight is 841 g/mol. The number of carbonyl (C=O) groups excluding carboxylic acids is 2. The van der Waals surface area contributed by atoms with E-state index in [9.17, 15) is 19.0 Å². The van der Waals surface area contributed by atoms with Crippen molar-refractivity contribution in [2.75, 3.05) is 47.5 Å². The summed E-state index contributed by atoms with van der Waals surface area (Å²) in [4.78, 5) is 39.8. The van der Waals surface area contributed by atoms with E-state index in [-0.39, 0.29) is 32.2 Å². The molecule has 0 aromatic heterocycles. The standard InChI is InChI=1S/C46H82NO10P/c1-6-8-10-11-12-13-14-15-16-17-20-23-26-29-33-37-45(48)53-41-44(42-55-58(51,52)54-40-39-47(3,4)5)56-46(49)38-34-30-27-24-21-18-19-22-25-28-32-36-43(57-50)35-31-9-7-2/h9,18-19,24-25,27-28,31-32,36,43-44H,6-8,10-17,20-23,26,29-30,33-35,37-42H2,1-5H3,(H-,50,51,52)/p+1/b19-18-,27-24-,28-25-,31-9-,36-32+/t43?,44-/m0/s1. The molecule has 2 N–H and O–H groups in total. The Balaban J connectivity index is 4.53. The van der Waals surface area contributed by atoms with Crippen molar-refractivity contribution >= 4 is 19.8 Å². The van der Waals surface area contributed by atoms with Crippen LogP contribution in [-0.2, 0) is 37.6 Å². The second-order valence-corrected chi connectivity index (χ2v) is 17.4. The Labute approximate surface area is 353 Å². The Kier molecular flexibility index (Phi) is 37.2. The minimum Gasteiger partial charge on any atom is -0.462 e. The van der Waals surface area contributed by atoms with Crippen molar-refractivity contribution in [2.24, 2.45) is 0 Å². The SMILES string of the molecule is CC/C=C\CC(/C=C/C=C\C/C=C\C/C=C\CCCC(=O)O[C@@H](COC(=O)CCCCCCCCCCCCCCCCC)COP(=O)(O)OCC[N+](C)(C)C)OO. The number of phosphoric acid groups is 1. The van der Waals surface area contributed by atoms with Crippen LogP contribution in [0.25, 0.3) is 0 Å². The van der Waals surface area contributed by atoms with Crippen LogP contribution in [0.3, 0.4) is 0 Å². The molecule has 0 aromatic carbocycles. The number of phosphoric ester groups is 1. The highest BCUT2D eigenvalue weighted by atomic mass is 31.2. The van der Waals surface area contributed by atoms with Gasteiger partial charge in [0.25, 0.3) is 0 Å². The van der Waals surface area contributed by atoms with Gasteiger partial charge in [-0.15, -0.1) is 0 Å². The Hall–Kier alpha value is -2.37. The van der Waals surface area contributed by atoms with E-state index < -0.39 is 32.5 Å². The summed E-state index contributed by atoms with van der Waals surface area (Å²) in [5, 5.41) is 8.97. The summed E-state index contributed by atoms with van der Waals surface area (Å²) >= 11 is 0. The van der Waals surface area contributed by atoms with E-state index in [2.05, 4.69) is 30.9 Å². The first-order valence-corrected chi connectivity index (χ1v) is 23.8. The van der Waals surface area contributed by atoms with Gasteiger partial charge in [-0.1, -0.05) is 164 Å². The summed E-state index contributed by atoms with van der Waals surface area (Å²) < 4.78 is 34.2. The van der Waals surface area contributed by atoms with Gasteiger partial charge in [0.2, 0.25) is 0 Å². The van der Waals surface area contributed by atoms with E-state index in [0.29, 0.717) is 30.3 Å². The minimum absolute atomic E-state index is 0.00815. The molecule has 12 heteroatoms. The van der Waals surface area contributed by atoms with Crippen molar-refractivity contribution < 1.29 is 52.2 Å². The lowest BCUT2D eigenvalue weighted by molar-refractivity contribution is -0.870. The molecule has 0 aliphatic heterocycles. The van der Waals surface area contributed by atoms with E-state index in [0.717, 1.165) is 38.5 Å². The first kappa shape index (κ1) is 55.6. The van der Waals surface area contributed by atoms with Gasteiger partial charge in [-0.3, -0.25) is 23.9 Å². The maximum atomic E-state index is 12.7. The monoisotopic (exact) mass is 841 g/mol. The van der Waals surface area contributed by atoms with Gasteiger partial charge in [0.05, 0.1) is 27.7 Å². The number of unbranched alkanes of at least 4 members (excludes halogenated alkanes) is 15. The van der Waals surface area contributed by atoms with E-state index in [1.165, 1.54) is 77.0 Å². The summed E-state index contributed by atoms with van der Waals surface area (Å²) in [6.07, 6.45) is 41.7. The van der Waals surface area contributed by atoms with Gasteiger partial charge >= 0.3 is 19.8 Å². The molecule has 0 aromatic rings. The van der Waals surface area contributed by atoms with Crippen LogP contribution in [0, 0.1) is 0 Å². The van der Waals surface area contributed by atoms with Crippen LogP contribution in [0.5, 0.6) is 0 Å². The van der Waals surface area contributed by atoms with Crippen molar-refractivity contribution in [3.05, 3.63) is 60.8 Å². The smallest absolute Gasteiger partial charge is 0.462 e. The highest BCUT2D eigenvalue weighted by molar-refractivity contribution is 7.47. The second kappa shape index (κ2) is 38.8. The predicted octanol–water partition coefficient (Wildman–Crippen LogP) is 11.9. The quantitative estimate of drug-likeness (QED) is 0.00896. The average Bonchev–Trinajstić information content (AvgIpc) is 3.17. The molecule has 336 valence electrons. The fourth-order valence-electron chi connectivity index (χ4n) is 5.73. The van der Waals surface area contributed by atoms with E-state index in [4.69, 9.17) is 23.8 Å². The molecule has 11 nitrogen and oxygen atoms in total. The molecule has 0 saturated heterocycles.